The number of aromatic nitrogens is 1. The number of nitrogens with two attached hydrogens (primary N) is 1. The number of hydrogen-bond donors (Lipinski definition) is 2. The van der Waals surface area contributed by atoms with Crippen LogP contribution in [0.2, 0.25) is 0 Å². The van der Waals surface area contributed by atoms with Crippen molar-refractivity contribution in [3.05, 3.63) is 35.7 Å². The summed E-state index contributed by atoms with van der Waals surface area (Å²) in [5, 5.41) is 8.81. The molecular formula is C10H10N2O3. The highest BCUT2D eigenvalue weighted by Gasteiger charge is 2.07. The molecule has 78 valence electrons. The zero-order valence-corrected chi connectivity index (χ0v) is 7.88. The van der Waals surface area contributed by atoms with Crippen LogP contribution in [0.15, 0.2) is 24.4 Å². The molecule has 0 aromatic carbocycles. The standard InChI is InChI=1S/C10H10N2O3/c11-9(13)5-1-4-8-7(10(14)15)3-2-6-12-8/h1-4,6H,5H2,(H2,11,13)(H,14,15). The van der Waals surface area contributed by atoms with Gasteiger partial charge < -0.3 is 10.8 Å². The van der Waals surface area contributed by atoms with Crippen molar-refractivity contribution in [1.29, 1.82) is 0 Å². The summed E-state index contributed by atoms with van der Waals surface area (Å²) in [5.74, 6) is -1.53. The first-order valence-electron chi connectivity index (χ1n) is 4.24. The van der Waals surface area contributed by atoms with Crippen molar-refractivity contribution in [1.82, 2.24) is 4.98 Å². The lowest BCUT2D eigenvalue weighted by Crippen LogP contribution is -2.08. The molecule has 15 heavy (non-hydrogen) atoms. The Balaban J connectivity index is 2.89. The predicted octanol–water partition coefficient (Wildman–Crippen LogP) is 0.668. The molecule has 0 saturated carbocycles. The van der Waals surface area contributed by atoms with E-state index in [1.54, 1.807) is 0 Å². The van der Waals surface area contributed by atoms with Crippen LogP contribution >= 0.6 is 0 Å². The molecule has 5 heteroatoms. The van der Waals surface area contributed by atoms with Gasteiger partial charge in [0.05, 0.1) is 11.3 Å². The number of aromatic carboxylic acids is 1. The molecule has 0 radical (unpaired) electrons. The molecule has 3 N–H and O–H groups in total. The SMILES string of the molecule is NC(=O)CC=Cc1ncccc1C(=O)O. The Kier molecular flexibility index (Phi) is 3.56. The smallest absolute Gasteiger partial charge is 0.337 e. The van der Waals surface area contributed by atoms with Gasteiger partial charge in [0.1, 0.15) is 0 Å². The van der Waals surface area contributed by atoms with E-state index in [0.29, 0.717) is 5.69 Å². The topological polar surface area (TPSA) is 93.3 Å². The number of pyridine rings is 1. The number of rotatable bonds is 4. The maximum Gasteiger partial charge on any atom is 0.337 e. The second-order valence-corrected chi connectivity index (χ2v) is 2.81. The van der Waals surface area contributed by atoms with Crippen LogP contribution in [0.5, 0.6) is 0 Å². The monoisotopic (exact) mass is 206 g/mol. The molecule has 1 heterocycles. The number of amides is 1. The lowest BCUT2D eigenvalue weighted by Gasteiger charge is -1.98. The van der Waals surface area contributed by atoms with Crippen LogP contribution in [-0.4, -0.2) is 22.0 Å². The molecule has 0 atom stereocenters. The lowest BCUT2D eigenvalue weighted by atomic mass is 10.2. The molecule has 0 saturated heterocycles. The van der Waals surface area contributed by atoms with Crippen molar-refractivity contribution in [3.8, 4) is 0 Å². The first kappa shape index (κ1) is 10.9. The van der Waals surface area contributed by atoms with Crippen LogP contribution in [0.25, 0.3) is 6.08 Å². The number of carboxylic acids is 1. The summed E-state index contributed by atoms with van der Waals surface area (Å²) >= 11 is 0. The third-order valence-corrected chi connectivity index (χ3v) is 1.66. The minimum absolute atomic E-state index is 0.0651. The normalized spacial score (nSPS) is 10.4. The lowest BCUT2D eigenvalue weighted by molar-refractivity contribution is -0.117. The molecule has 1 aromatic heterocycles. The highest BCUT2D eigenvalue weighted by Crippen LogP contribution is 2.07. The number of carbonyl (C=O) groups is 2. The van der Waals surface area contributed by atoms with E-state index in [4.69, 9.17) is 10.8 Å². The van der Waals surface area contributed by atoms with E-state index in [1.807, 2.05) is 0 Å². The van der Waals surface area contributed by atoms with Crippen molar-refractivity contribution in [3.63, 3.8) is 0 Å². The Labute approximate surface area is 86.2 Å². The van der Waals surface area contributed by atoms with E-state index >= 15 is 0 Å². The number of primary amides is 1. The molecule has 1 amide bonds. The van der Waals surface area contributed by atoms with Crippen molar-refractivity contribution in [2.24, 2.45) is 5.73 Å². The summed E-state index contributed by atoms with van der Waals surface area (Å²) in [5.41, 5.74) is 5.33. The molecule has 0 spiro atoms. The quantitative estimate of drug-likeness (QED) is 0.757. The summed E-state index contributed by atoms with van der Waals surface area (Å²) in [4.78, 5) is 25.1. The maximum absolute atomic E-state index is 10.8. The van der Waals surface area contributed by atoms with Gasteiger partial charge >= 0.3 is 5.97 Å². The Bertz CT molecular complexity index is 413. The molecule has 0 fully saturated rings. The summed E-state index contributed by atoms with van der Waals surface area (Å²) in [7, 11) is 0. The molecule has 0 aliphatic heterocycles. The van der Waals surface area contributed by atoms with E-state index in [1.165, 1.54) is 30.5 Å². The molecule has 0 aliphatic rings. The van der Waals surface area contributed by atoms with Crippen LogP contribution in [-0.2, 0) is 4.79 Å². The number of carbonyl (C=O) groups excluding carboxylic acids is 1. The first-order chi connectivity index (χ1) is 7.11. The zero-order chi connectivity index (χ0) is 11.3. The number of hydrogen-bond acceptors (Lipinski definition) is 3. The molecule has 0 aliphatic carbocycles. The summed E-state index contributed by atoms with van der Waals surface area (Å²) in [6.45, 7) is 0. The van der Waals surface area contributed by atoms with Crippen molar-refractivity contribution in [2.45, 2.75) is 6.42 Å². The minimum atomic E-state index is -1.05. The Morgan fingerprint density at radius 3 is 2.87 bits per heavy atom. The third kappa shape index (κ3) is 3.22. The van der Waals surface area contributed by atoms with Gasteiger partial charge in [-0.2, -0.15) is 0 Å². The Hall–Kier alpha value is -2.17. The zero-order valence-electron chi connectivity index (χ0n) is 7.88. The fraction of sp³-hybridized carbons (Fsp3) is 0.100. The van der Waals surface area contributed by atoms with Crippen LogP contribution < -0.4 is 5.73 Å². The van der Waals surface area contributed by atoms with Gasteiger partial charge in [0.15, 0.2) is 0 Å². The molecule has 1 rings (SSSR count). The third-order valence-electron chi connectivity index (χ3n) is 1.66. The van der Waals surface area contributed by atoms with E-state index < -0.39 is 11.9 Å². The molecular weight excluding hydrogens is 196 g/mol. The van der Waals surface area contributed by atoms with Crippen LogP contribution in [0, 0.1) is 0 Å². The molecule has 0 unspecified atom stereocenters. The summed E-state index contributed by atoms with van der Waals surface area (Å²) in [6, 6.07) is 2.98. The average molecular weight is 206 g/mol. The molecule has 5 nitrogen and oxygen atoms in total. The largest absolute Gasteiger partial charge is 0.478 e. The van der Waals surface area contributed by atoms with Crippen molar-refractivity contribution < 1.29 is 14.7 Å². The Morgan fingerprint density at radius 2 is 2.27 bits per heavy atom. The van der Waals surface area contributed by atoms with Gasteiger partial charge in [0.2, 0.25) is 5.91 Å². The number of carboxylic acid groups (broad SMARTS) is 1. The van der Waals surface area contributed by atoms with Crippen LogP contribution in [0.1, 0.15) is 22.5 Å². The van der Waals surface area contributed by atoms with Crippen LogP contribution in [0.3, 0.4) is 0 Å². The average Bonchev–Trinajstić information content (AvgIpc) is 2.17. The highest BCUT2D eigenvalue weighted by molar-refractivity contribution is 5.91. The van der Waals surface area contributed by atoms with E-state index in [9.17, 15) is 9.59 Å². The number of nitrogens with zero attached hydrogens (tertiary/aromatic N) is 1. The fourth-order valence-electron chi connectivity index (χ4n) is 1.02. The second-order valence-electron chi connectivity index (χ2n) is 2.81. The first-order valence-corrected chi connectivity index (χ1v) is 4.24. The van der Waals surface area contributed by atoms with Gasteiger partial charge in [-0.25, -0.2) is 4.79 Å². The molecule has 0 bridgehead atoms. The van der Waals surface area contributed by atoms with Gasteiger partial charge in [-0.15, -0.1) is 0 Å². The predicted molar refractivity (Wildman–Crippen MR) is 54.0 cm³/mol. The maximum atomic E-state index is 10.8. The van der Waals surface area contributed by atoms with E-state index in [-0.39, 0.29) is 12.0 Å². The van der Waals surface area contributed by atoms with Gasteiger partial charge in [0, 0.05) is 12.6 Å². The van der Waals surface area contributed by atoms with E-state index in [2.05, 4.69) is 4.98 Å². The second kappa shape index (κ2) is 4.90. The Morgan fingerprint density at radius 1 is 1.53 bits per heavy atom. The van der Waals surface area contributed by atoms with Crippen molar-refractivity contribution >= 4 is 18.0 Å². The van der Waals surface area contributed by atoms with Gasteiger partial charge in [-0.3, -0.25) is 9.78 Å². The van der Waals surface area contributed by atoms with Gasteiger partial charge in [0.25, 0.3) is 0 Å². The summed E-state index contributed by atoms with van der Waals surface area (Å²) in [6.07, 6.45) is 4.50. The van der Waals surface area contributed by atoms with Gasteiger partial charge in [-0.05, 0) is 18.2 Å². The van der Waals surface area contributed by atoms with Crippen molar-refractivity contribution in [2.75, 3.05) is 0 Å². The summed E-state index contributed by atoms with van der Waals surface area (Å²) < 4.78 is 0. The van der Waals surface area contributed by atoms with Gasteiger partial charge in [-0.1, -0.05) is 6.08 Å². The fourth-order valence-corrected chi connectivity index (χ4v) is 1.02. The van der Waals surface area contributed by atoms with E-state index in [0.717, 1.165) is 0 Å². The highest BCUT2D eigenvalue weighted by atomic mass is 16.4. The minimum Gasteiger partial charge on any atom is -0.478 e. The molecule has 1 aromatic rings. The van der Waals surface area contributed by atoms with Crippen LogP contribution in [0.4, 0.5) is 0 Å².